The van der Waals surface area contributed by atoms with Crippen LogP contribution in [0.5, 0.6) is 11.5 Å². The molecular weight excluding hydrogens is 875 g/mol. The number of ether oxygens (including phenoxy) is 1. The average molecular weight is 940 g/mol. The largest absolute Gasteiger partial charge is 0.507 e. The van der Waals surface area contributed by atoms with Crippen molar-refractivity contribution < 1.29 is 29.3 Å². The third kappa shape index (κ3) is 9.87. The summed E-state index contributed by atoms with van der Waals surface area (Å²) in [5.41, 5.74) is 4.29. The molecule has 4 aromatic rings. The molecule has 4 amide bonds. The Bertz CT molecular complexity index is 2560. The van der Waals surface area contributed by atoms with Gasteiger partial charge in [-0.05, 0) is 105 Å². The van der Waals surface area contributed by atoms with E-state index >= 15 is 0 Å². The van der Waals surface area contributed by atoms with Crippen LogP contribution in [0.25, 0.3) is 11.3 Å². The highest BCUT2D eigenvalue weighted by atomic mass is 16.5. The number of hydrogen-bond donors (Lipinski definition) is 5. The van der Waals surface area contributed by atoms with E-state index in [1.165, 1.54) is 12.0 Å². The molecule has 7 heterocycles. The van der Waals surface area contributed by atoms with E-state index in [9.17, 15) is 24.6 Å². The van der Waals surface area contributed by atoms with Crippen LogP contribution in [0.2, 0.25) is 0 Å². The number of rotatable bonds is 10. The molecule has 5 N–H and O–H groups in total. The van der Waals surface area contributed by atoms with Gasteiger partial charge in [0.25, 0.3) is 0 Å². The number of para-hydroxylation sites is 1. The number of amides is 4. The number of anilines is 2. The minimum atomic E-state index is -0.917. The van der Waals surface area contributed by atoms with Crippen LogP contribution in [-0.2, 0) is 16.1 Å². The predicted octanol–water partition coefficient (Wildman–Crippen LogP) is 4.85. The molecule has 0 radical (unpaired) electrons. The number of aromatic hydroxyl groups is 1. The minimum Gasteiger partial charge on any atom is -0.507 e. The SMILES string of the molecule is C#Cc1ccc(CNC(=O)[C@@H]2C[C@@H](O)CN2C(=O)[C@@H](NC(=O)N2CCC(N3CCC(c4cnc(N5CCC6Nc7nnc(-c8ccccc8O)cc7C6[C@H]5C)nc4)CC3)CC2)C(C)(C)C)cc1OC. The summed E-state index contributed by atoms with van der Waals surface area (Å²) in [5, 5.41) is 39.7. The van der Waals surface area contributed by atoms with Gasteiger partial charge in [-0.3, -0.25) is 9.59 Å². The monoisotopic (exact) mass is 940 g/mol. The van der Waals surface area contributed by atoms with Gasteiger partial charge in [0.05, 0.1) is 24.5 Å². The Morgan fingerprint density at radius 1 is 0.971 bits per heavy atom. The third-order valence-corrected chi connectivity index (χ3v) is 15.1. The number of terminal acetylenes is 1. The average Bonchev–Trinajstić information content (AvgIpc) is 3.95. The van der Waals surface area contributed by atoms with E-state index in [4.69, 9.17) is 21.1 Å². The molecule has 0 spiro atoms. The lowest BCUT2D eigenvalue weighted by Crippen LogP contribution is -2.60. The number of carbonyl (C=O) groups excluding carboxylic acids is 3. The number of methoxy groups -OCH3 is 1. The maximum absolute atomic E-state index is 14.3. The van der Waals surface area contributed by atoms with Gasteiger partial charge in [0, 0.05) is 86.7 Å². The second kappa shape index (κ2) is 19.8. The second-order valence-electron chi connectivity index (χ2n) is 20.4. The molecule has 9 rings (SSSR count). The van der Waals surface area contributed by atoms with Crippen molar-refractivity contribution in [2.75, 3.05) is 56.6 Å². The van der Waals surface area contributed by atoms with E-state index in [1.54, 1.807) is 29.2 Å². The van der Waals surface area contributed by atoms with Crippen LogP contribution in [-0.4, -0.2) is 146 Å². The van der Waals surface area contributed by atoms with E-state index in [-0.39, 0.29) is 55.2 Å². The fourth-order valence-electron chi connectivity index (χ4n) is 11.2. The molecule has 69 heavy (non-hydrogen) atoms. The van der Waals surface area contributed by atoms with Crippen molar-refractivity contribution in [3.05, 3.63) is 83.2 Å². The van der Waals surface area contributed by atoms with Crippen LogP contribution in [0.4, 0.5) is 16.6 Å². The first-order valence-electron chi connectivity index (χ1n) is 24.4. The highest BCUT2D eigenvalue weighted by Gasteiger charge is 2.46. The lowest BCUT2D eigenvalue weighted by Gasteiger charge is -2.42. The highest BCUT2D eigenvalue weighted by Crippen LogP contribution is 2.45. The standard InChI is InChI=1S/C52H65N11O6/c1-7-33-13-12-32(24-44(33)69-6)27-53-48(66)42-25-37(64)30-63(42)49(67)46(52(3,4)5)57-51(68)61-21-16-36(17-22-61)60-19-14-34(15-20-60)35-28-54-50(55-29-35)62-23-18-40-45(31(62)2)39-26-41(58-59-47(39)56-40)38-10-8-9-11-43(38)65/h1,8-13,24,26,28-29,31,34,36-37,40,42,45-46,64-65H,14-23,25,27,30H2,2-6H3,(H,53,66)(H,56,59)(H,57,68)/t31-,37-,40?,42+,45?,46-/m1/s1. The number of benzene rings is 2. The molecule has 364 valence electrons. The highest BCUT2D eigenvalue weighted by molar-refractivity contribution is 5.93. The van der Waals surface area contributed by atoms with E-state index in [2.05, 4.69) is 54.9 Å². The van der Waals surface area contributed by atoms with Crippen LogP contribution in [0.15, 0.2) is 60.9 Å². The second-order valence-corrected chi connectivity index (χ2v) is 20.4. The van der Waals surface area contributed by atoms with E-state index < -0.39 is 29.5 Å². The fourth-order valence-corrected chi connectivity index (χ4v) is 11.2. The molecule has 2 unspecified atom stereocenters. The number of fused-ring (bicyclic) bond motifs is 3. The van der Waals surface area contributed by atoms with Crippen LogP contribution in [0.1, 0.15) is 100 Å². The van der Waals surface area contributed by atoms with Gasteiger partial charge in [-0.25, -0.2) is 14.8 Å². The zero-order valence-corrected chi connectivity index (χ0v) is 40.3. The number of urea groups is 1. The molecule has 2 aromatic heterocycles. The molecule has 6 atom stereocenters. The topological polar surface area (TPSA) is 202 Å². The number of carbonyl (C=O) groups is 3. The first-order valence-corrected chi connectivity index (χ1v) is 24.4. The number of β-amino-alcohol motifs (C(OH)–C–C–N with tert-alkyl or cyclic N) is 1. The van der Waals surface area contributed by atoms with Gasteiger partial charge < -0.3 is 50.5 Å². The third-order valence-electron chi connectivity index (χ3n) is 15.1. The van der Waals surface area contributed by atoms with Gasteiger partial charge in [0.1, 0.15) is 23.6 Å². The van der Waals surface area contributed by atoms with Gasteiger partial charge >= 0.3 is 6.03 Å². The van der Waals surface area contributed by atoms with Crippen molar-refractivity contribution in [2.45, 2.75) is 121 Å². The van der Waals surface area contributed by atoms with Gasteiger partial charge in [0.15, 0.2) is 5.82 Å². The lowest BCUT2D eigenvalue weighted by atomic mass is 9.83. The van der Waals surface area contributed by atoms with E-state index in [1.807, 2.05) is 51.4 Å². The Balaban J connectivity index is 0.752. The molecule has 0 aliphatic carbocycles. The molecule has 4 saturated heterocycles. The minimum absolute atomic E-state index is 0.00127. The number of piperidine rings is 3. The quantitative estimate of drug-likeness (QED) is 0.135. The smallest absolute Gasteiger partial charge is 0.318 e. The normalized spacial score (nSPS) is 23.6. The van der Waals surface area contributed by atoms with E-state index in [0.717, 1.165) is 80.2 Å². The summed E-state index contributed by atoms with van der Waals surface area (Å²) in [6.45, 7) is 12.0. The molecule has 5 aliphatic rings. The Labute approximate surface area is 404 Å². The first-order chi connectivity index (χ1) is 33.2. The maximum Gasteiger partial charge on any atom is 0.318 e. The molecule has 4 fully saturated rings. The number of aromatic nitrogens is 4. The summed E-state index contributed by atoms with van der Waals surface area (Å²) in [6.07, 6.45) is 13.4. The molecule has 0 bridgehead atoms. The van der Waals surface area contributed by atoms with Crippen LogP contribution in [0, 0.1) is 17.8 Å². The van der Waals surface area contributed by atoms with Crippen molar-refractivity contribution in [1.29, 1.82) is 0 Å². The predicted molar refractivity (Wildman–Crippen MR) is 262 cm³/mol. The summed E-state index contributed by atoms with van der Waals surface area (Å²) >= 11 is 0. The summed E-state index contributed by atoms with van der Waals surface area (Å²) < 4.78 is 5.38. The Morgan fingerprint density at radius 3 is 2.41 bits per heavy atom. The van der Waals surface area contributed by atoms with Crippen molar-refractivity contribution in [3.8, 4) is 35.1 Å². The van der Waals surface area contributed by atoms with E-state index in [0.29, 0.717) is 47.6 Å². The summed E-state index contributed by atoms with van der Waals surface area (Å²) in [4.78, 5) is 59.6. The molecule has 17 nitrogen and oxygen atoms in total. The van der Waals surface area contributed by atoms with Gasteiger partial charge in [-0.2, -0.15) is 0 Å². The number of phenolic OH excluding ortho intramolecular Hbond substituents is 1. The summed E-state index contributed by atoms with van der Waals surface area (Å²) in [7, 11) is 1.53. The van der Waals surface area contributed by atoms with Gasteiger partial charge in [0.2, 0.25) is 17.8 Å². The fraction of sp³-hybridized carbons (Fsp3) is 0.519. The number of hydrogen-bond acceptors (Lipinski definition) is 13. The summed E-state index contributed by atoms with van der Waals surface area (Å²) in [6, 6.07) is 13.2. The molecule has 2 aromatic carbocycles. The van der Waals surface area contributed by atoms with Crippen molar-refractivity contribution in [1.82, 2.24) is 45.5 Å². The lowest BCUT2D eigenvalue weighted by molar-refractivity contribution is -0.142. The Hall–Kier alpha value is -6.51. The number of aliphatic hydroxyl groups is 1. The molecule has 0 saturated carbocycles. The first kappa shape index (κ1) is 47.6. The van der Waals surface area contributed by atoms with Gasteiger partial charge in [-0.15, -0.1) is 16.6 Å². The van der Waals surface area contributed by atoms with Crippen LogP contribution in [0.3, 0.4) is 0 Å². The Kier molecular flexibility index (Phi) is 13.7. The molecular formula is C52H65N11O6. The molecule has 17 heteroatoms. The van der Waals surface area contributed by atoms with Gasteiger partial charge in [-0.1, -0.05) is 44.9 Å². The number of phenols is 1. The molecule has 5 aliphatic heterocycles. The number of nitrogens with one attached hydrogen (secondary N) is 3. The maximum atomic E-state index is 14.3. The van der Waals surface area contributed by atoms with Crippen molar-refractivity contribution in [3.63, 3.8) is 0 Å². The van der Waals surface area contributed by atoms with Crippen LogP contribution < -0.4 is 25.6 Å². The Morgan fingerprint density at radius 2 is 1.71 bits per heavy atom. The van der Waals surface area contributed by atoms with Crippen molar-refractivity contribution in [2.24, 2.45) is 5.41 Å². The van der Waals surface area contributed by atoms with Crippen molar-refractivity contribution >= 4 is 29.6 Å². The van der Waals surface area contributed by atoms with Crippen LogP contribution >= 0.6 is 0 Å². The summed E-state index contributed by atoms with van der Waals surface area (Å²) in [5.74, 6) is 4.57. The zero-order valence-electron chi connectivity index (χ0n) is 40.3. The zero-order chi connectivity index (χ0) is 48.6. The number of aliphatic hydroxyl groups excluding tert-OH is 1. The number of nitrogens with zero attached hydrogens (tertiary/aromatic N) is 8. The number of likely N-dealkylation sites (tertiary alicyclic amines) is 3.